The van der Waals surface area contributed by atoms with Gasteiger partial charge in [-0.15, -0.1) is 0 Å². The summed E-state index contributed by atoms with van der Waals surface area (Å²) in [4.78, 5) is 16.6. The lowest BCUT2D eigenvalue weighted by Crippen LogP contribution is -2.25. The van der Waals surface area contributed by atoms with E-state index in [9.17, 15) is 4.79 Å². The fraction of sp³-hybridized carbons (Fsp3) is 0.0667. The minimum absolute atomic E-state index is 0.187. The summed E-state index contributed by atoms with van der Waals surface area (Å²) < 4.78 is 1.60. The van der Waals surface area contributed by atoms with Crippen LogP contribution in [0.25, 0.3) is 22.4 Å². The van der Waals surface area contributed by atoms with Gasteiger partial charge in [-0.25, -0.2) is 14.3 Å². The smallest absolute Gasteiger partial charge is 0.327 e. The van der Waals surface area contributed by atoms with Gasteiger partial charge in [-0.3, -0.25) is 0 Å². The average Bonchev–Trinajstić information content (AvgIpc) is 2.87. The summed E-state index contributed by atoms with van der Waals surface area (Å²) in [6.45, 7) is 0. The zero-order chi connectivity index (χ0) is 13.2. The molecule has 19 heavy (non-hydrogen) atoms. The maximum absolute atomic E-state index is 12.1. The fourth-order valence-electron chi connectivity index (χ4n) is 2.12. The maximum Gasteiger partial charge on any atom is 0.327 e. The zero-order valence-electron chi connectivity index (χ0n) is 10.5. The number of hydrogen-bond acceptors (Lipinski definition) is 2. The molecule has 0 aliphatic carbocycles. The first-order chi connectivity index (χ1) is 9.31. The van der Waals surface area contributed by atoms with Gasteiger partial charge >= 0.3 is 6.03 Å². The summed E-state index contributed by atoms with van der Waals surface area (Å²) in [6.07, 6.45) is 0. The average molecular weight is 251 g/mol. The van der Waals surface area contributed by atoms with Gasteiger partial charge in [0.1, 0.15) is 5.82 Å². The quantitative estimate of drug-likeness (QED) is 0.723. The molecular formula is C15H13N3O. The minimum Gasteiger partial charge on any atom is -0.340 e. The number of nitrogens with zero attached hydrogens (tertiary/aromatic N) is 2. The van der Waals surface area contributed by atoms with E-state index in [1.807, 2.05) is 54.6 Å². The van der Waals surface area contributed by atoms with Crippen LogP contribution in [0.5, 0.6) is 0 Å². The van der Waals surface area contributed by atoms with E-state index < -0.39 is 0 Å². The van der Waals surface area contributed by atoms with Crippen LogP contribution in [0.15, 0.2) is 54.6 Å². The molecule has 1 N–H and O–H groups in total. The van der Waals surface area contributed by atoms with Crippen LogP contribution in [0.1, 0.15) is 0 Å². The van der Waals surface area contributed by atoms with E-state index >= 15 is 0 Å². The number of nitrogens with one attached hydrogen (secondary N) is 1. The Morgan fingerprint density at radius 3 is 2.47 bits per heavy atom. The minimum atomic E-state index is -0.187. The van der Waals surface area contributed by atoms with Crippen molar-refractivity contribution in [1.82, 2.24) is 14.9 Å². The molecular weight excluding hydrogens is 238 g/mol. The third kappa shape index (κ3) is 1.87. The number of para-hydroxylation sites is 2. The van der Waals surface area contributed by atoms with Crippen molar-refractivity contribution in [3.05, 3.63) is 54.6 Å². The van der Waals surface area contributed by atoms with Crippen LogP contribution in [0.3, 0.4) is 0 Å². The standard InChI is InChI=1S/C15H13N3O/c1-16-15(19)18-13-10-6-5-9-12(13)17-14(18)11-7-3-2-4-8-11/h2-10H,1H3,(H,16,19). The number of benzene rings is 2. The van der Waals surface area contributed by atoms with Crippen molar-refractivity contribution in [1.29, 1.82) is 0 Å². The van der Waals surface area contributed by atoms with Crippen molar-refractivity contribution in [3.8, 4) is 11.4 Å². The summed E-state index contributed by atoms with van der Waals surface area (Å²) in [5, 5.41) is 2.65. The Bertz CT molecular complexity index is 731. The van der Waals surface area contributed by atoms with E-state index in [2.05, 4.69) is 10.3 Å². The highest BCUT2D eigenvalue weighted by Gasteiger charge is 2.16. The van der Waals surface area contributed by atoms with Crippen LogP contribution in [0, 0.1) is 0 Å². The zero-order valence-corrected chi connectivity index (χ0v) is 10.5. The number of aromatic nitrogens is 2. The lowest BCUT2D eigenvalue weighted by Gasteiger charge is -2.06. The number of carbonyl (C=O) groups is 1. The molecule has 0 saturated heterocycles. The van der Waals surface area contributed by atoms with Gasteiger partial charge in [0.2, 0.25) is 0 Å². The number of carbonyl (C=O) groups excluding carboxylic acids is 1. The number of amides is 1. The molecule has 0 aliphatic rings. The van der Waals surface area contributed by atoms with Crippen molar-refractivity contribution in [3.63, 3.8) is 0 Å². The number of rotatable bonds is 1. The third-order valence-electron chi connectivity index (χ3n) is 3.01. The molecule has 0 fully saturated rings. The number of hydrogen-bond donors (Lipinski definition) is 1. The van der Waals surface area contributed by atoms with Gasteiger partial charge in [-0.2, -0.15) is 0 Å². The molecule has 4 heteroatoms. The number of fused-ring (bicyclic) bond motifs is 1. The van der Waals surface area contributed by atoms with E-state index in [0.717, 1.165) is 16.6 Å². The summed E-state index contributed by atoms with van der Waals surface area (Å²) in [6, 6.07) is 17.1. The first-order valence-corrected chi connectivity index (χ1v) is 6.06. The molecule has 0 atom stereocenters. The van der Waals surface area contributed by atoms with Crippen LogP contribution < -0.4 is 5.32 Å². The fourth-order valence-corrected chi connectivity index (χ4v) is 2.12. The van der Waals surface area contributed by atoms with Gasteiger partial charge in [-0.1, -0.05) is 42.5 Å². The molecule has 0 unspecified atom stereocenters. The summed E-state index contributed by atoms with van der Waals surface area (Å²) in [5.74, 6) is 0.654. The van der Waals surface area contributed by atoms with Gasteiger partial charge < -0.3 is 5.32 Å². The molecule has 1 aromatic heterocycles. The first-order valence-electron chi connectivity index (χ1n) is 6.06. The molecule has 0 bridgehead atoms. The Kier molecular flexibility index (Phi) is 2.76. The van der Waals surface area contributed by atoms with Crippen molar-refractivity contribution in [2.24, 2.45) is 0 Å². The summed E-state index contributed by atoms with van der Waals surface area (Å²) in [5.41, 5.74) is 2.54. The predicted molar refractivity (Wildman–Crippen MR) is 75.0 cm³/mol. The van der Waals surface area contributed by atoms with Crippen LogP contribution in [0.2, 0.25) is 0 Å². The monoisotopic (exact) mass is 251 g/mol. The third-order valence-corrected chi connectivity index (χ3v) is 3.01. The molecule has 0 spiro atoms. The van der Waals surface area contributed by atoms with Crippen LogP contribution >= 0.6 is 0 Å². The molecule has 2 aromatic carbocycles. The second-order valence-electron chi connectivity index (χ2n) is 4.18. The second kappa shape index (κ2) is 4.57. The van der Waals surface area contributed by atoms with Gasteiger partial charge in [0, 0.05) is 12.6 Å². The Morgan fingerprint density at radius 1 is 1.05 bits per heavy atom. The molecule has 4 nitrogen and oxygen atoms in total. The largest absolute Gasteiger partial charge is 0.340 e. The highest BCUT2D eigenvalue weighted by Crippen LogP contribution is 2.24. The van der Waals surface area contributed by atoms with E-state index in [0.29, 0.717) is 5.82 Å². The summed E-state index contributed by atoms with van der Waals surface area (Å²) >= 11 is 0. The normalized spacial score (nSPS) is 10.6. The lowest BCUT2D eigenvalue weighted by molar-refractivity contribution is 0.245. The molecule has 94 valence electrons. The van der Waals surface area contributed by atoms with Gasteiger partial charge in [-0.05, 0) is 12.1 Å². The van der Waals surface area contributed by atoms with E-state index in [-0.39, 0.29) is 6.03 Å². The van der Waals surface area contributed by atoms with Gasteiger partial charge in [0.05, 0.1) is 11.0 Å². The molecule has 3 rings (SSSR count). The topological polar surface area (TPSA) is 46.9 Å². The Balaban J connectivity index is 2.32. The highest BCUT2D eigenvalue weighted by atomic mass is 16.2. The van der Waals surface area contributed by atoms with Crippen molar-refractivity contribution >= 4 is 17.1 Å². The summed E-state index contributed by atoms with van der Waals surface area (Å²) in [7, 11) is 1.62. The Labute approximate surface area is 110 Å². The van der Waals surface area contributed by atoms with Crippen LogP contribution in [-0.4, -0.2) is 22.6 Å². The van der Waals surface area contributed by atoms with E-state index in [1.165, 1.54) is 0 Å². The molecule has 0 saturated carbocycles. The van der Waals surface area contributed by atoms with Crippen LogP contribution in [-0.2, 0) is 0 Å². The second-order valence-corrected chi connectivity index (χ2v) is 4.18. The SMILES string of the molecule is CNC(=O)n1c(-c2ccccc2)nc2ccccc21. The number of imidazole rings is 1. The molecule has 3 aromatic rings. The van der Waals surface area contributed by atoms with E-state index in [4.69, 9.17) is 0 Å². The van der Waals surface area contributed by atoms with Crippen molar-refractivity contribution in [2.45, 2.75) is 0 Å². The molecule has 1 heterocycles. The van der Waals surface area contributed by atoms with Gasteiger partial charge in [0.15, 0.2) is 0 Å². The van der Waals surface area contributed by atoms with Crippen LogP contribution in [0.4, 0.5) is 4.79 Å². The molecule has 0 radical (unpaired) electrons. The lowest BCUT2D eigenvalue weighted by atomic mass is 10.2. The molecule has 1 amide bonds. The van der Waals surface area contributed by atoms with Crippen molar-refractivity contribution < 1.29 is 4.79 Å². The maximum atomic E-state index is 12.1. The molecule has 0 aliphatic heterocycles. The Morgan fingerprint density at radius 2 is 1.74 bits per heavy atom. The predicted octanol–water partition coefficient (Wildman–Crippen LogP) is 2.89. The van der Waals surface area contributed by atoms with Gasteiger partial charge in [0.25, 0.3) is 0 Å². The van der Waals surface area contributed by atoms with E-state index in [1.54, 1.807) is 11.6 Å². The van der Waals surface area contributed by atoms with Crippen molar-refractivity contribution in [2.75, 3.05) is 7.05 Å². The highest BCUT2D eigenvalue weighted by molar-refractivity contribution is 5.93. The Hall–Kier alpha value is -2.62. The first kappa shape index (κ1) is 11.5.